The third-order valence-corrected chi connectivity index (χ3v) is 2.27. The summed E-state index contributed by atoms with van der Waals surface area (Å²) >= 11 is 0. The fourth-order valence-electron chi connectivity index (χ4n) is 1.53. The Morgan fingerprint density at radius 2 is 2.08 bits per heavy atom. The van der Waals surface area contributed by atoms with E-state index in [9.17, 15) is 9.59 Å². The molecule has 12 heavy (non-hydrogen) atoms. The molecule has 1 aromatic heterocycles. The molecule has 0 N–H and O–H groups in total. The molecule has 1 heterocycles. The van der Waals surface area contributed by atoms with Gasteiger partial charge in [0.05, 0.1) is 5.56 Å². The normalized spacial score (nSPS) is 14.9. The summed E-state index contributed by atoms with van der Waals surface area (Å²) in [5.41, 5.74) is 1.71. The van der Waals surface area contributed by atoms with E-state index in [4.69, 9.17) is 4.42 Å². The summed E-state index contributed by atoms with van der Waals surface area (Å²) in [5.74, 6) is 0.0804. The maximum atomic E-state index is 11.2. The lowest BCUT2D eigenvalue weighted by molar-refractivity contribution is 0.0993. The molecule has 1 aromatic rings. The van der Waals surface area contributed by atoms with Crippen LogP contribution in [0.4, 0.5) is 0 Å². The van der Waals surface area contributed by atoms with Gasteiger partial charge in [-0.1, -0.05) is 0 Å². The third-order valence-electron chi connectivity index (χ3n) is 2.27. The van der Waals surface area contributed by atoms with Gasteiger partial charge in [-0.25, -0.2) is 4.79 Å². The molecular weight excluding hydrogens is 156 g/mol. The Labute approximate surface area is 69.0 Å². The minimum Gasteiger partial charge on any atom is -0.430 e. The second kappa shape index (κ2) is 2.30. The highest BCUT2D eigenvalue weighted by molar-refractivity contribution is 6.00. The van der Waals surface area contributed by atoms with Crippen molar-refractivity contribution in [3.05, 3.63) is 33.4 Å². The molecule has 0 amide bonds. The molecular formula is C9H8O3. The van der Waals surface area contributed by atoms with Crippen molar-refractivity contribution in [1.29, 1.82) is 0 Å². The summed E-state index contributed by atoms with van der Waals surface area (Å²) in [6, 6.07) is 0. The van der Waals surface area contributed by atoms with E-state index >= 15 is 0 Å². The van der Waals surface area contributed by atoms with Gasteiger partial charge in [0.15, 0.2) is 5.78 Å². The van der Waals surface area contributed by atoms with Crippen LogP contribution in [-0.4, -0.2) is 5.78 Å². The largest absolute Gasteiger partial charge is 0.430 e. The van der Waals surface area contributed by atoms with Crippen molar-refractivity contribution in [2.75, 3.05) is 0 Å². The van der Waals surface area contributed by atoms with Crippen molar-refractivity contribution in [3.63, 3.8) is 0 Å². The predicted octanol–water partition coefficient (Wildman–Crippen LogP) is 1.08. The highest BCUT2D eigenvalue weighted by atomic mass is 16.4. The van der Waals surface area contributed by atoms with Gasteiger partial charge in [-0.05, 0) is 18.9 Å². The van der Waals surface area contributed by atoms with Crippen molar-refractivity contribution >= 4 is 5.78 Å². The van der Waals surface area contributed by atoms with E-state index in [1.165, 1.54) is 6.26 Å². The maximum Gasteiger partial charge on any atom is 0.338 e. The van der Waals surface area contributed by atoms with Crippen molar-refractivity contribution in [3.8, 4) is 0 Å². The van der Waals surface area contributed by atoms with Crippen molar-refractivity contribution < 1.29 is 9.21 Å². The Morgan fingerprint density at radius 1 is 1.33 bits per heavy atom. The lowest BCUT2D eigenvalue weighted by atomic mass is 10.1. The van der Waals surface area contributed by atoms with E-state index in [-0.39, 0.29) is 11.4 Å². The lowest BCUT2D eigenvalue weighted by Crippen LogP contribution is -2.07. The summed E-state index contributed by atoms with van der Waals surface area (Å²) in [4.78, 5) is 22.2. The van der Waals surface area contributed by atoms with Crippen molar-refractivity contribution in [2.24, 2.45) is 0 Å². The highest BCUT2D eigenvalue weighted by Gasteiger charge is 2.23. The van der Waals surface area contributed by atoms with E-state index in [1.54, 1.807) is 6.92 Å². The fourth-order valence-corrected chi connectivity index (χ4v) is 1.53. The van der Waals surface area contributed by atoms with E-state index < -0.39 is 0 Å². The summed E-state index contributed by atoms with van der Waals surface area (Å²) in [6.07, 6.45) is 2.47. The van der Waals surface area contributed by atoms with Crippen molar-refractivity contribution in [1.82, 2.24) is 0 Å². The molecule has 0 fully saturated rings. The van der Waals surface area contributed by atoms with Crippen LogP contribution in [0, 0.1) is 6.92 Å². The Kier molecular flexibility index (Phi) is 1.40. The quantitative estimate of drug-likeness (QED) is 0.576. The molecule has 0 spiro atoms. The first-order valence-electron chi connectivity index (χ1n) is 3.84. The van der Waals surface area contributed by atoms with Crippen LogP contribution in [-0.2, 0) is 6.42 Å². The van der Waals surface area contributed by atoms with Crippen LogP contribution in [0.15, 0.2) is 15.5 Å². The zero-order valence-electron chi connectivity index (χ0n) is 6.72. The standard InChI is InChI=1S/C9H8O3/c1-5-6-2-3-8(10)7(6)4-12-9(5)11/h4H,2-3H2,1H3. The fraction of sp³-hybridized carbons (Fsp3) is 0.333. The SMILES string of the molecule is Cc1c2c(coc1=O)C(=O)CC2. The van der Waals surface area contributed by atoms with Crippen LogP contribution in [0.2, 0.25) is 0 Å². The molecule has 0 aromatic carbocycles. The molecule has 0 saturated heterocycles. The van der Waals surface area contributed by atoms with Gasteiger partial charge in [-0.15, -0.1) is 0 Å². The number of Topliss-reactive ketones (excluding diaryl/α,β-unsaturated/α-hetero) is 1. The molecule has 0 atom stereocenters. The van der Waals surface area contributed by atoms with Crippen LogP contribution < -0.4 is 5.63 Å². The van der Waals surface area contributed by atoms with E-state index in [1.807, 2.05) is 0 Å². The van der Waals surface area contributed by atoms with E-state index in [0.717, 1.165) is 5.56 Å². The third kappa shape index (κ3) is 0.826. The van der Waals surface area contributed by atoms with Gasteiger partial charge in [0.2, 0.25) is 0 Å². The van der Waals surface area contributed by atoms with E-state index in [2.05, 4.69) is 0 Å². The summed E-state index contributed by atoms with van der Waals surface area (Å²) in [7, 11) is 0. The van der Waals surface area contributed by atoms with Crippen LogP contribution in [0.25, 0.3) is 0 Å². The van der Waals surface area contributed by atoms with Crippen LogP contribution in [0.3, 0.4) is 0 Å². The van der Waals surface area contributed by atoms with Crippen LogP contribution in [0.5, 0.6) is 0 Å². The first kappa shape index (κ1) is 7.28. The minimum atomic E-state index is -0.330. The average molecular weight is 164 g/mol. The van der Waals surface area contributed by atoms with Crippen molar-refractivity contribution in [2.45, 2.75) is 19.8 Å². The Morgan fingerprint density at radius 3 is 2.83 bits per heavy atom. The minimum absolute atomic E-state index is 0.0804. The smallest absolute Gasteiger partial charge is 0.338 e. The second-order valence-electron chi connectivity index (χ2n) is 2.96. The monoisotopic (exact) mass is 164 g/mol. The van der Waals surface area contributed by atoms with Gasteiger partial charge >= 0.3 is 5.63 Å². The molecule has 1 aliphatic carbocycles. The first-order valence-corrected chi connectivity index (χ1v) is 3.84. The molecule has 0 unspecified atom stereocenters. The number of carbonyl (C=O) groups excluding carboxylic acids is 1. The number of ketones is 1. The summed E-state index contributed by atoms with van der Waals surface area (Å²) in [6.45, 7) is 1.70. The number of rotatable bonds is 0. The number of hydrogen-bond donors (Lipinski definition) is 0. The molecule has 0 aliphatic heterocycles. The topological polar surface area (TPSA) is 47.3 Å². The van der Waals surface area contributed by atoms with Gasteiger partial charge in [0.25, 0.3) is 0 Å². The average Bonchev–Trinajstić information content (AvgIpc) is 2.41. The molecule has 2 rings (SSSR count). The zero-order valence-corrected chi connectivity index (χ0v) is 6.72. The number of carbonyl (C=O) groups is 1. The number of fused-ring (bicyclic) bond motifs is 1. The van der Waals surface area contributed by atoms with Gasteiger partial charge in [-0.3, -0.25) is 4.79 Å². The molecule has 0 radical (unpaired) electrons. The molecule has 3 heteroatoms. The van der Waals surface area contributed by atoms with Gasteiger partial charge in [0, 0.05) is 12.0 Å². The van der Waals surface area contributed by atoms with Gasteiger partial charge in [-0.2, -0.15) is 0 Å². The van der Waals surface area contributed by atoms with Gasteiger partial charge < -0.3 is 4.42 Å². The Balaban J connectivity index is 2.76. The van der Waals surface area contributed by atoms with Gasteiger partial charge in [0.1, 0.15) is 6.26 Å². The van der Waals surface area contributed by atoms with E-state index in [0.29, 0.717) is 24.0 Å². The molecule has 1 aliphatic rings. The first-order chi connectivity index (χ1) is 5.70. The molecule has 0 bridgehead atoms. The molecule has 3 nitrogen and oxygen atoms in total. The maximum absolute atomic E-state index is 11.2. The van der Waals surface area contributed by atoms with Crippen LogP contribution >= 0.6 is 0 Å². The molecule has 62 valence electrons. The molecule has 0 saturated carbocycles. The Bertz CT molecular complexity index is 401. The van der Waals surface area contributed by atoms with Crippen LogP contribution in [0.1, 0.15) is 27.9 Å². The highest BCUT2D eigenvalue weighted by Crippen LogP contribution is 2.22. The summed E-state index contributed by atoms with van der Waals surface area (Å²) in [5, 5.41) is 0. The predicted molar refractivity (Wildman–Crippen MR) is 42.4 cm³/mol. The Hall–Kier alpha value is -1.38. The second-order valence-corrected chi connectivity index (χ2v) is 2.96. The lowest BCUT2D eigenvalue weighted by Gasteiger charge is -1.97. The zero-order chi connectivity index (χ0) is 8.72. The summed E-state index contributed by atoms with van der Waals surface area (Å²) < 4.78 is 4.69. The number of hydrogen-bond acceptors (Lipinski definition) is 3.